The Morgan fingerprint density at radius 2 is 1.90 bits per heavy atom. The van der Waals surface area contributed by atoms with Gasteiger partial charge in [-0.15, -0.1) is 5.10 Å². The van der Waals surface area contributed by atoms with Crippen LogP contribution in [0.1, 0.15) is 23.7 Å². The fraction of sp³-hybridized carbons (Fsp3) is 0.238. The molecule has 0 N–H and O–H groups in total. The van der Waals surface area contributed by atoms with Crippen LogP contribution in [0, 0.1) is 0 Å². The maximum atomic E-state index is 13.1. The van der Waals surface area contributed by atoms with Gasteiger partial charge in [-0.2, -0.15) is 0 Å². The Balaban J connectivity index is 1.88. The van der Waals surface area contributed by atoms with Crippen molar-refractivity contribution in [1.29, 1.82) is 0 Å². The van der Waals surface area contributed by atoms with E-state index in [1.165, 1.54) is 16.1 Å². The summed E-state index contributed by atoms with van der Waals surface area (Å²) in [7, 11) is 1.52. The van der Waals surface area contributed by atoms with Gasteiger partial charge in [-0.25, -0.2) is 13.9 Å². The van der Waals surface area contributed by atoms with E-state index in [4.69, 9.17) is 4.74 Å². The van der Waals surface area contributed by atoms with Crippen LogP contribution in [0.15, 0.2) is 58.1 Å². The summed E-state index contributed by atoms with van der Waals surface area (Å²) >= 11 is 0. The Morgan fingerprint density at radius 1 is 1.10 bits per heavy atom. The molecular formula is C21H20N4O4. The van der Waals surface area contributed by atoms with Crippen LogP contribution in [0.5, 0.6) is 5.75 Å². The summed E-state index contributed by atoms with van der Waals surface area (Å²) in [6.45, 7) is 2.13. The molecule has 8 nitrogen and oxygen atoms in total. The summed E-state index contributed by atoms with van der Waals surface area (Å²) in [4.78, 5) is 38.7. The number of methoxy groups -OCH3 is 1. The lowest BCUT2D eigenvalue weighted by molar-refractivity contribution is 0.0966. The van der Waals surface area contributed by atoms with Crippen molar-refractivity contribution in [2.75, 3.05) is 7.11 Å². The van der Waals surface area contributed by atoms with Crippen LogP contribution in [-0.2, 0) is 13.1 Å². The van der Waals surface area contributed by atoms with Crippen LogP contribution < -0.4 is 16.0 Å². The molecular weight excluding hydrogens is 372 g/mol. The molecule has 2 heterocycles. The highest BCUT2D eigenvalue weighted by atomic mass is 16.5. The molecule has 8 heteroatoms. The van der Waals surface area contributed by atoms with Gasteiger partial charge in [0.25, 0.3) is 5.56 Å². The predicted molar refractivity (Wildman–Crippen MR) is 109 cm³/mol. The SMILES string of the molecule is CCCn1c(=O)c2ccccc2n2c(=O)n(CC(=O)c3cccc(OC)c3)nc12. The van der Waals surface area contributed by atoms with Crippen molar-refractivity contribution in [3.05, 3.63) is 74.9 Å². The first-order valence-corrected chi connectivity index (χ1v) is 9.33. The van der Waals surface area contributed by atoms with Crippen LogP contribution in [0.3, 0.4) is 0 Å². The molecule has 0 saturated carbocycles. The first kappa shape index (κ1) is 18.7. The van der Waals surface area contributed by atoms with Gasteiger partial charge in [0.05, 0.1) is 18.0 Å². The van der Waals surface area contributed by atoms with Crippen LogP contribution >= 0.6 is 0 Å². The minimum atomic E-state index is -0.461. The first-order chi connectivity index (χ1) is 14.0. The standard InChI is InChI=1S/C21H20N4O4/c1-3-11-23-19(27)16-9-4-5-10-17(16)25-20(23)22-24(21(25)28)13-18(26)14-7-6-8-15(12-14)29-2/h4-10,12H,3,11,13H2,1-2H3. The van der Waals surface area contributed by atoms with Crippen LogP contribution in [0.2, 0.25) is 0 Å². The van der Waals surface area contributed by atoms with Crippen molar-refractivity contribution < 1.29 is 9.53 Å². The van der Waals surface area contributed by atoms with Crippen LogP contribution in [-0.4, -0.2) is 31.6 Å². The molecule has 0 radical (unpaired) electrons. The topological polar surface area (TPSA) is 87.6 Å². The van der Waals surface area contributed by atoms with Gasteiger partial charge < -0.3 is 4.74 Å². The molecule has 0 saturated heterocycles. The zero-order valence-electron chi connectivity index (χ0n) is 16.2. The predicted octanol–water partition coefficient (Wildman–Crippen LogP) is 2.11. The summed E-state index contributed by atoms with van der Waals surface area (Å²) in [5.74, 6) is 0.517. The highest BCUT2D eigenvalue weighted by Gasteiger charge is 2.18. The molecule has 0 amide bonds. The Bertz CT molecular complexity index is 1350. The summed E-state index contributed by atoms with van der Waals surface area (Å²) in [6.07, 6.45) is 0.706. The van der Waals surface area contributed by atoms with E-state index in [0.29, 0.717) is 35.2 Å². The summed E-state index contributed by atoms with van der Waals surface area (Å²) in [5.41, 5.74) is 0.234. The quantitative estimate of drug-likeness (QED) is 0.469. The second kappa shape index (κ2) is 7.38. The molecule has 2 aromatic heterocycles. The van der Waals surface area contributed by atoms with Gasteiger partial charge in [0.1, 0.15) is 12.3 Å². The fourth-order valence-corrected chi connectivity index (χ4v) is 3.42. The molecule has 4 rings (SSSR count). The van der Waals surface area contributed by atoms with Gasteiger partial charge in [-0.05, 0) is 30.7 Å². The minimum Gasteiger partial charge on any atom is -0.497 e. The number of benzene rings is 2. The Kier molecular flexibility index (Phi) is 4.75. The van der Waals surface area contributed by atoms with Crippen molar-refractivity contribution in [1.82, 2.24) is 18.7 Å². The number of Topliss-reactive ketones (excluding diaryl/α,β-unsaturated/α-hetero) is 1. The number of aryl methyl sites for hydroxylation is 1. The lowest BCUT2D eigenvalue weighted by atomic mass is 10.1. The molecule has 0 bridgehead atoms. The Labute approximate surface area is 165 Å². The van der Waals surface area contributed by atoms with E-state index in [9.17, 15) is 14.4 Å². The van der Waals surface area contributed by atoms with Crippen LogP contribution in [0.4, 0.5) is 0 Å². The molecule has 29 heavy (non-hydrogen) atoms. The minimum absolute atomic E-state index is 0.203. The van der Waals surface area contributed by atoms with E-state index < -0.39 is 5.69 Å². The number of rotatable bonds is 6. The lowest BCUT2D eigenvalue weighted by Crippen LogP contribution is -2.27. The van der Waals surface area contributed by atoms with Gasteiger partial charge in [0.15, 0.2) is 5.78 Å². The number of ketones is 1. The number of ether oxygens (including phenoxy) is 1. The number of nitrogens with zero attached hydrogens (tertiary/aromatic N) is 4. The number of hydrogen-bond acceptors (Lipinski definition) is 5. The van der Waals surface area contributed by atoms with Crippen LogP contribution in [0.25, 0.3) is 16.7 Å². The summed E-state index contributed by atoms with van der Waals surface area (Å²) < 4.78 is 9.14. The highest BCUT2D eigenvalue weighted by Crippen LogP contribution is 2.14. The van der Waals surface area contributed by atoms with Gasteiger partial charge in [-0.3, -0.25) is 14.2 Å². The van der Waals surface area contributed by atoms with Crippen molar-refractivity contribution in [3.8, 4) is 5.75 Å². The third-order valence-electron chi connectivity index (χ3n) is 4.82. The average molecular weight is 392 g/mol. The number of carbonyl (C=O) groups excluding carboxylic acids is 1. The molecule has 0 spiro atoms. The summed E-state index contributed by atoms with van der Waals surface area (Å²) in [5, 5.41) is 4.77. The van der Waals surface area contributed by atoms with E-state index in [1.54, 1.807) is 48.5 Å². The van der Waals surface area contributed by atoms with E-state index in [1.807, 2.05) is 6.92 Å². The number of carbonyl (C=O) groups is 1. The first-order valence-electron chi connectivity index (χ1n) is 9.33. The van der Waals surface area contributed by atoms with E-state index in [2.05, 4.69) is 5.10 Å². The number of aromatic nitrogens is 4. The monoisotopic (exact) mass is 392 g/mol. The van der Waals surface area contributed by atoms with Gasteiger partial charge in [0.2, 0.25) is 5.78 Å². The number of hydrogen-bond donors (Lipinski definition) is 0. The second-order valence-electron chi connectivity index (χ2n) is 6.70. The maximum Gasteiger partial charge on any atom is 0.352 e. The average Bonchev–Trinajstić information content (AvgIpc) is 3.07. The van der Waals surface area contributed by atoms with Gasteiger partial charge in [0, 0.05) is 12.1 Å². The largest absolute Gasteiger partial charge is 0.497 e. The molecule has 0 unspecified atom stereocenters. The van der Waals surface area contributed by atoms with E-state index in [-0.39, 0.29) is 23.7 Å². The highest BCUT2D eigenvalue weighted by molar-refractivity contribution is 5.96. The van der Waals surface area contributed by atoms with Gasteiger partial charge in [-0.1, -0.05) is 31.2 Å². The van der Waals surface area contributed by atoms with Gasteiger partial charge >= 0.3 is 5.69 Å². The molecule has 0 aliphatic heterocycles. The number of para-hydroxylation sites is 1. The van der Waals surface area contributed by atoms with Crippen molar-refractivity contribution in [2.24, 2.45) is 0 Å². The third-order valence-corrected chi connectivity index (χ3v) is 4.82. The maximum absolute atomic E-state index is 13.1. The molecule has 0 atom stereocenters. The van der Waals surface area contributed by atoms with Crippen molar-refractivity contribution in [3.63, 3.8) is 0 Å². The fourth-order valence-electron chi connectivity index (χ4n) is 3.42. The molecule has 0 aliphatic rings. The smallest absolute Gasteiger partial charge is 0.352 e. The molecule has 0 fully saturated rings. The number of fused-ring (bicyclic) bond motifs is 3. The van der Waals surface area contributed by atoms with Crippen molar-refractivity contribution >= 4 is 22.5 Å². The molecule has 148 valence electrons. The lowest BCUT2D eigenvalue weighted by Gasteiger charge is -2.07. The Morgan fingerprint density at radius 3 is 2.66 bits per heavy atom. The van der Waals surface area contributed by atoms with E-state index >= 15 is 0 Å². The molecule has 4 aromatic rings. The Hall–Kier alpha value is -3.68. The molecule has 0 aliphatic carbocycles. The third kappa shape index (κ3) is 3.12. The normalized spacial score (nSPS) is 11.2. The summed E-state index contributed by atoms with van der Waals surface area (Å²) in [6, 6.07) is 13.6. The zero-order valence-corrected chi connectivity index (χ0v) is 16.2. The zero-order chi connectivity index (χ0) is 20.5. The second-order valence-corrected chi connectivity index (χ2v) is 6.70. The van der Waals surface area contributed by atoms with Crippen molar-refractivity contribution in [2.45, 2.75) is 26.4 Å². The van der Waals surface area contributed by atoms with E-state index in [0.717, 1.165) is 4.68 Å². The molecule has 2 aromatic carbocycles.